The Labute approximate surface area is 137 Å². The average molecular weight is 313 g/mol. The summed E-state index contributed by atoms with van der Waals surface area (Å²) in [5.41, 5.74) is 2.23. The van der Waals surface area contributed by atoms with E-state index in [1.165, 1.54) is 0 Å². The van der Waals surface area contributed by atoms with Crippen LogP contribution in [0.5, 0.6) is 5.75 Å². The highest BCUT2D eigenvalue weighted by molar-refractivity contribution is 5.94. The Morgan fingerprint density at radius 2 is 1.96 bits per heavy atom. The zero-order valence-corrected chi connectivity index (χ0v) is 14.1. The van der Waals surface area contributed by atoms with E-state index in [0.29, 0.717) is 17.8 Å². The second-order valence-corrected chi connectivity index (χ2v) is 5.63. The molecule has 1 heterocycles. The average Bonchev–Trinajstić information content (AvgIpc) is 2.53. The molecular formula is C18H23N3O2. The molecule has 2 aromatic rings. The van der Waals surface area contributed by atoms with Crippen molar-refractivity contribution < 1.29 is 9.53 Å². The first-order valence-electron chi connectivity index (χ1n) is 7.86. The van der Waals surface area contributed by atoms with Crippen molar-refractivity contribution in [2.45, 2.75) is 46.8 Å². The molecule has 5 heteroatoms. The van der Waals surface area contributed by atoms with Gasteiger partial charge in [-0.3, -0.25) is 4.79 Å². The van der Waals surface area contributed by atoms with Crippen LogP contribution in [0.3, 0.4) is 0 Å². The molecule has 1 N–H and O–H groups in total. The van der Waals surface area contributed by atoms with E-state index in [1.54, 1.807) is 6.20 Å². The van der Waals surface area contributed by atoms with E-state index >= 15 is 0 Å². The van der Waals surface area contributed by atoms with Gasteiger partial charge in [0.15, 0.2) is 0 Å². The minimum Gasteiger partial charge on any atom is -0.491 e. The molecular weight excluding hydrogens is 290 g/mol. The number of nitrogens with zero attached hydrogens (tertiary/aromatic N) is 2. The standard InChI is InChI=1S/C18H23N3O2/c1-5-17-19-11-16(13(4)21-17)18(22)20-10-14-6-8-15(9-7-14)23-12(2)3/h6-9,11-12H,5,10H2,1-4H3,(H,20,22). The number of carbonyl (C=O) groups excluding carboxylic acids is 1. The van der Waals surface area contributed by atoms with Crippen molar-refractivity contribution in [3.8, 4) is 5.75 Å². The normalized spacial score (nSPS) is 10.7. The Hall–Kier alpha value is -2.43. The summed E-state index contributed by atoms with van der Waals surface area (Å²) in [5.74, 6) is 1.42. The van der Waals surface area contributed by atoms with Crippen LogP contribution in [-0.4, -0.2) is 22.0 Å². The first kappa shape index (κ1) is 16.9. The third-order valence-corrected chi connectivity index (χ3v) is 3.34. The summed E-state index contributed by atoms with van der Waals surface area (Å²) in [6, 6.07) is 7.71. The molecule has 0 spiro atoms. The Kier molecular flexibility index (Phi) is 5.68. The lowest BCUT2D eigenvalue weighted by Crippen LogP contribution is -2.24. The number of rotatable bonds is 6. The quantitative estimate of drug-likeness (QED) is 0.890. The summed E-state index contributed by atoms with van der Waals surface area (Å²) >= 11 is 0. The van der Waals surface area contributed by atoms with Gasteiger partial charge < -0.3 is 10.1 Å². The minimum atomic E-state index is -0.160. The Balaban J connectivity index is 1.96. The van der Waals surface area contributed by atoms with Crippen molar-refractivity contribution >= 4 is 5.91 Å². The Morgan fingerprint density at radius 3 is 2.52 bits per heavy atom. The predicted octanol–water partition coefficient (Wildman–Crippen LogP) is 3.06. The molecule has 0 aliphatic rings. The van der Waals surface area contributed by atoms with Crippen LogP contribution in [0.1, 0.15) is 48.2 Å². The second-order valence-electron chi connectivity index (χ2n) is 5.63. The molecule has 0 radical (unpaired) electrons. The fraction of sp³-hybridized carbons (Fsp3) is 0.389. The van der Waals surface area contributed by atoms with Gasteiger partial charge in [-0.25, -0.2) is 9.97 Å². The number of aryl methyl sites for hydroxylation is 2. The lowest BCUT2D eigenvalue weighted by molar-refractivity contribution is 0.0949. The van der Waals surface area contributed by atoms with Crippen LogP contribution in [0.25, 0.3) is 0 Å². The fourth-order valence-electron chi connectivity index (χ4n) is 2.14. The molecule has 0 saturated heterocycles. The van der Waals surface area contributed by atoms with Crippen LogP contribution in [0.15, 0.2) is 30.5 Å². The number of hydrogen-bond acceptors (Lipinski definition) is 4. The molecule has 0 aliphatic carbocycles. The third-order valence-electron chi connectivity index (χ3n) is 3.34. The van der Waals surface area contributed by atoms with Gasteiger partial charge >= 0.3 is 0 Å². The lowest BCUT2D eigenvalue weighted by atomic mass is 10.2. The fourth-order valence-corrected chi connectivity index (χ4v) is 2.14. The number of nitrogens with one attached hydrogen (secondary N) is 1. The van der Waals surface area contributed by atoms with Gasteiger partial charge in [0.2, 0.25) is 0 Å². The Morgan fingerprint density at radius 1 is 1.26 bits per heavy atom. The number of amides is 1. The van der Waals surface area contributed by atoms with E-state index in [0.717, 1.165) is 23.6 Å². The molecule has 1 aromatic heterocycles. The van der Waals surface area contributed by atoms with Crippen LogP contribution < -0.4 is 10.1 Å². The summed E-state index contributed by atoms with van der Waals surface area (Å²) < 4.78 is 5.60. The van der Waals surface area contributed by atoms with Crippen LogP contribution in [-0.2, 0) is 13.0 Å². The van der Waals surface area contributed by atoms with Crippen molar-refractivity contribution in [2.75, 3.05) is 0 Å². The summed E-state index contributed by atoms with van der Waals surface area (Å²) in [6.07, 6.45) is 2.50. The van der Waals surface area contributed by atoms with Gasteiger partial charge in [0.05, 0.1) is 17.4 Å². The molecule has 0 unspecified atom stereocenters. The van der Waals surface area contributed by atoms with Crippen molar-refractivity contribution in [1.82, 2.24) is 15.3 Å². The van der Waals surface area contributed by atoms with Crippen molar-refractivity contribution in [3.05, 3.63) is 53.1 Å². The second kappa shape index (κ2) is 7.72. The number of aromatic nitrogens is 2. The number of hydrogen-bond donors (Lipinski definition) is 1. The van der Waals surface area contributed by atoms with Gasteiger partial charge in [0, 0.05) is 19.2 Å². The summed E-state index contributed by atoms with van der Waals surface area (Å²) in [7, 11) is 0. The van der Waals surface area contributed by atoms with Gasteiger partial charge in [0.1, 0.15) is 11.6 Å². The van der Waals surface area contributed by atoms with E-state index in [1.807, 2.05) is 52.0 Å². The number of ether oxygens (including phenoxy) is 1. The van der Waals surface area contributed by atoms with Crippen LogP contribution in [0, 0.1) is 6.92 Å². The molecule has 1 aromatic carbocycles. The zero-order valence-electron chi connectivity index (χ0n) is 14.1. The van der Waals surface area contributed by atoms with Gasteiger partial charge in [-0.2, -0.15) is 0 Å². The smallest absolute Gasteiger partial charge is 0.254 e. The maximum absolute atomic E-state index is 12.2. The van der Waals surface area contributed by atoms with Crippen LogP contribution in [0.4, 0.5) is 0 Å². The minimum absolute atomic E-state index is 0.148. The molecule has 0 bridgehead atoms. The monoisotopic (exact) mass is 313 g/mol. The predicted molar refractivity (Wildman–Crippen MR) is 89.5 cm³/mol. The zero-order chi connectivity index (χ0) is 16.8. The summed E-state index contributed by atoms with van der Waals surface area (Å²) in [5, 5.41) is 2.89. The topological polar surface area (TPSA) is 64.1 Å². The van der Waals surface area contributed by atoms with E-state index in [-0.39, 0.29) is 12.0 Å². The maximum atomic E-state index is 12.2. The van der Waals surface area contributed by atoms with Crippen molar-refractivity contribution in [3.63, 3.8) is 0 Å². The molecule has 5 nitrogen and oxygen atoms in total. The van der Waals surface area contributed by atoms with Gasteiger partial charge in [-0.15, -0.1) is 0 Å². The molecule has 23 heavy (non-hydrogen) atoms. The molecule has 122 valence electrons. The molecule has 0 atom stereocenters. The van der Waals surface area contributed by atoms with E-state index in [4.69, 9.17) is 4.74 Å². The van der Waals surface area contributed by atoms with Crippen molar-refractivity contribution in [2.24, 2.45) is 0 Å². The van der Waals surface area contributed by atoms with E-state index in [9.17, 15) is 4.79 Å². The first-order valence-corrected chi connectivity index (χ1v) is 7.86. The van der Waals surface area contributed by atoms with Gasteiger partial charge in [0.25, 0.3) is 5.91 Å². The van der Waals surface area contributed by atoms with E-state index in [2.05, 4.69) is 15.3 Å². The highest BCUT2D eigenvalue weighted by Gasteiger charge is 2.11. The van der Waals surface area contributed by atoms with Crippen LogP contribution in [0.2, 0.25) is 0 Å². The first-order chi connectivity index (χ1) is 11.0. The summed E-state index contributed by atoms with van der Waals surface area (Å²) in [6.45, 7) is 8.25. The van der Waals surface area contributed by atoms with Gasteiger partial charge in [-0.05, 0) is 38.5 Å². The Bertz CT molecular complexity index is 666. The lowest BCUT2D eigenvalue weighted by Gasteiger charge is -2.11. The summed E-state index contributed by atoms with van der Waals surface area (Å²) in [4.78, 5) is 20.7. The maximum Gasteiger partial charge on any atom is 0.254 e. The largest absolute Gasteiger partial charge is 0.491 e. The molecule has 2 rings (SSSR count). The SMILES string of the molecule is CCc1ncc(C(=O)NCc2ccc(OC(C)C)cc2)c(C)n1. The molecule has 0 fully saturated rings. The van der Waals surface area contributed by atoms with Crippen molar-refractivity contribution in [1.29, 1.82) is 0 Å². The van der Waals surface area contributed by atoms with Gasteiger partial charge in [-0.1, -0.05) is 19.1 Å². The molecule has 0 aliphatic heterocycles. The highest BCUT2D eigenvalue weighted by Crippen LogP contribution is 2.14. The molecule has 1 amide bonds. The highest BCUT2D eigenvalue weighted by atomic mass is 16.5. The molecule has 0 saturated carbocycles. The van der Waals surface area contributed by atoms with E-state index < -0.39 is 0 Å². The number of carbonyl (C=O) groups is 1. The van der Waals surface area contributed by atoms with Crippen LogP contribution >= 0.6 is 0 Å². The third kappa shape index (κ3) is 4.77. The number of benzene rings is 1.